The Hall–Kier alpha value is -1.40. The molecule has 0 saturated heterocycles. The van der Waals surface area contributed by atoms with Crippen molar-refractivity contribution < 1.29 is 13.3 Å². The second kappa shape index (κ2) is 7.40. The molecule has 0 unspecified atom stereocenters. The van der Waals surface area contributed by atoms with E-state index in [-0.39, 0.29) is 6.54 Å². The van der Waals surface area contributed by atoms with Gasteiger partial charge in [0.1, 0.15) is 12.3 Å². The summed E-state index contributed by atoms with van der Waals surface area (Å²) in [6.07, 6.45) is 1.20. The van der Waals surface area contributed by atoms with Crippen LogP contribution in [0, 0.1) is 6.92 Å². The number of oxime groups is 1. The van der Waals surface area contributed by atoms with E-state index in [0.717, 1.165) is 11.1 Å². The van der Waals surface area contributed by atoms with Gasteiger partial charge in [-0.3, -0.25) is 0 Å². The molecule has 1 rings (SSSR count). The van der Waals surface area contributed by atoms with Crippen molar-refractivity contribution in [1.82, 2.24) is 4.31 Å². The molecule has 112 valence electrons. The quantitative estimate of drug-likeness (QED) is 0.571. The van der Waals surface area contributed by atoms with Crippen molar-refractivity contribution in [1.29, 1.82) is 0 Å². The summed E-state index contributed by atoms with van der Waals surface area (Å²) in [6.45, 7) is 6.69. The lowest BCUT2D eigenvalue weighted by atomic mass is 10.1. The highest BCUT2D eigenvalue weighted by Gasteiger charge is 2.18. The van der Waals surface area contributed by atoms with E-state index < -0.39 is 10.0 Å². The Bertz CT molecular complexity index is 550. The second-order valence-electron chi connectivity index (χ2n) is 4.51. The van der Waals surface area contributed by atoms with Crippen LogP contribution in [-0.2, 0) is 14.9 Å². The summed E-state index contributed by atoms with van der Waals surface area (Å²) < 4.78 is 24.7. The minimum atomic E-state index is -3.25. The van der Waals surface area contributed by atoms with Crippen LogP contribution in [0.15, 0.2) is 29.4 Å². The van der Waals surface area contributed by atoms with Crippen molar-refractivity contribution in [2.75, 3.05) is 26.0 Å². The number of hydrogen-bond donors (Lipinski definition) is 0. The average molecular weight is 298 g/mol. The van der Waals surface area contributed by atoms with Gasteiger partial charge in [0.25, 0.3) is 0 Å². The summed E-state index contributed by atoms with van der Waals surface area (Å²) in [6, 6.07) is 7.77. The molecule has 1 aromatic rings. The second-order valence-corrected chi connectivity index (χ2v) is 6.49. The summed E-state index contributed by atoms with van der Waals surface area (Å²) >= 11 is 0. The molecule has 5 nitrogen and oxygen atoms in total. The summed E-state index contributed by atoms with van der Waals surface area (Å²) in [4.78, 5) is 5.10. The Kier molecular flexibility index (Phi) is 6.16. The van der Waals surface area contributed by atoms with Crippen LogP contribution in [0.25, 0.3) is 0 Å². The number of nitrogens with zero attached hydrogens (tertiary/aromatic N) is 2. The van der Waals surface area contributed by atoms with Gasteiger partial charge >= 0.3 is 0 Å². The molecule has 6 heteroatoms. The monoisotopic (exact) mass is 298 g/mol. The molecule has 0 aliphatic rings. The summed E-state index contributed by atoms with van der Waals surface area (Å²) in [5, 5.41) is 4.05. The van der Waals surface area contributed by atoms with E-state index in [1.165, 1.54) is 10.6 Å². The van der Waals surface area contributed by atoms with Crippen LogP contribution in [0.1, 0.15) is 25.0 Å². The van der Waals surface area contributed by atoms with Crippen LogP contribution in [0.3, 0.4) is 0 Å². The first-order valence-corrected chi connectivity index (χ1v) is 8.44. The van der Waals surface area contributed by atoms with E-state index in [1.807, 2.05) is 38.1 Å². The fraction of sp³-hybridized carbons (Fsp3) is 0.500. The molecule has 0 radical (unpaired) electrons. The molecular formula is C14H22N2O3S. The summed E-state index contributed by atoms with van der Waals surface area (Å²) in [7, 11) is -3.25. The van der Waals surface area contributed by atoms with Crippen molar-refractivity contribution in [2.45, 2.75) is 20.8 Å². The first kappa shape index (κ1) is 16.7. The molecule has 0 aliphatic carbocycles. The van der Waals surface area contributed by atoms with Gasteiger partial charge in [0.2, 0.25) is 10.0 Å². The van der Waals surface area contributed by atoms with Crippen LogP contribution in [0.2, 0.25) is 0 Å². The molecule has 1 aromatic carbocycles. The maximum absolute atomic E-state index is 11.7. The molecule has 0 saturated carbocycles. The number of sulfonamides is 1. The molecule has 20 heavy (non-hydrogen) atoms. The molecule has 0 N–H and O–H groups in total. The zero-order valence-electron chi connectivity index (χ0n) is 12.5. The molecule has 0 aliphatic heterocycles. The van der Waals surface area contributed by atoms with Crippen LogP contribution in [0.5, 0.6) is 0 Å². The van der Waals surface area contributed by atoms with Gasteiger partial charge in [-0.1, -0.05) is 41.9 Å². The van der Waals surface area contributed by atoms with Gasteiger partial charge in [-0.25, -0.2) is 8.42 Å². The Morgan fingerprint density at radius 1 is 1.25 bits per heavy atom. The lowest BCUT2D eigenvalue weighted by Crippen LogP contribution is -2.35. The number of likely N-dealkylation sites (N-methyl/N-ethyl adjacent to an activating group) is 1. The van der Waals surface area contributed by atoms with Gasteiger partial charge < -0.3 is 4.84 Å². The van der Waals surface area contributed by atoms with Crippen molar-refractivity contribution in [3.05, 3.63) is 35.4 Å². The lowest BCUT2D eigenvalue weighted by molar-refractivity contribution is 0.158. The molecule has 0 spiro atoms. The zero-order chi connectivity index (χ0) is 15.2. The smallest absolute Gasteiger partial charge is 0.211 e. The van der Waals surface area contributed by atoms with E-state index in [4.69, 9.17) is 4.84 Å². The van der Waals surface area contributed by atoms with E-state index in [1.54, 1.807) is 6.92 Å². The number of hydrogen-bond acceptors (Lipinski definition) is 4. The van der Waals surface area contributed by atoms with Crippen molar-refractivity contribution in [3.63, 3.8) is 0 Å². The molecule has 0 aromatic heterocycles. The summed E-state index contributed by atoms with van der Waals surface area (Å²) in [5.74, 6) is 0. The van der Waals surface area contributed by atoms with Gasteiger partial charge in [0.15, 0.2) is 0 Å². The SMILES string of the molecule is CCON=C(CN(CC)S(C)(=O)=O)c1ccc(C)cc1. The molecule has 0 atom stereocenters. The fourth-order valence-corrected chi connectivity index (χ4v) is 2.52. The number of rotatable bonds is 7. The molecule has 0 amide bonds. The number of aryl methyl sites for hydroxylation is 1. The maximum Gasteiger partial charge on any atom is 0.211 e. The van der Waals surface area contributed by atoms with Crippen LogP contribution < -0.4 is 0 Å². The predicted octanol–water partition coefficient (Wildman–Crippen LogP) is 2.02. The maximum atomic E-state index is 11.7. The molecular weight excluding hydrogens is 276 g/mol. The highest BCUT2D eigenvalue weighted by molar-refractivity contribution is 7.88. The van der Waals surface area contributed by atoms with Crippen molar-refractivity contribution in [3.8, 4) is 0 Å². The van der Waals surface area contributed by atoms with E-state index in [0.29, 0.717) is 18.9 Å². The highest BCUT2D eigenvalue weighted by atomic mass is 32.2. The van der Waals surface area contributed by atoms with Crippen LogP contribution >= 0.6 is 0 Å². The van der Waals surface area contributed by atoms with Crippen molar-refractivity contribution in [2.24, 2.45) is 5.16 Å². The Balaban J connectivity index is 3.04. The third-order valence-corrected chi connectivity index (χ3v) is 4.16. The normalized spacial score (nSPS) is 12.8. The van der Waals surface area contributed by atoms with Gasteiger partial charge in [-0.05, 0) is 13.8 Å². The zero-order valence-corrected chi connectivity index (χ0v) is 13.3. The Labute approximate surface area is 121 Å². The first-order valence-electron chi connectivity index (χ1n) is 6.59. The first-order chi connectivity index (χ1) is 9.38. The van der Waals surface area contributed by atoms with Crippen molar-refractivity contribution >= 4 is 15.7 Å². The Morgan fingerprint density at radius 2 is 1.85 bits per heavy atom. The topological polar surface area (TPSA) is 59.0 Å². The van der Waals surface area contributed by atoms with Gasteiger partial charge in [-0.2, -0.15) is 4.31 Å². The third-order valence-electron chi connectivity index (χ3n) is 2.84. The minimum absolute atomic E-state index is 0.207. The predicted molar refractivity (Wildman–Crippen MR) is 81.4 cm³/mol. The average Bonchev–Trinajstić information content (AvgIpc) is 2.39. The Morgan fingerprint density at radius 3 is 2.30 bits per heavy atom. The molecule has 0 heterocycles. The highest BCUT2D eigenvalue weighted by Crippen LogP contribution is 2.08. The number of benzene rings is 1. The fourth-order valence-electron chi connectivity index (χ4n) is 1.69. The standard InChI is InChI=1S/C14H22N2O3S/c1-5-16(20(4,17)18)11-14(15-19-6-2)13-9-7-12(3)8-10-13/h7-10H,5-6,11H2,1-4H3. The third kappa shape index (κ3) is 4.94. The van der Waals surface area contributed by atoms with Crippen LogP contribution in [0.4, 0.5) is 0 Å². The van der Waals surface area contributed by atoms with Gasteiger partial charge in [-0.15, -0.1) is 0 Å². The molecule has 0 fully saturated rings. The largest absolute Gasteiger partial charge is 0.396 e. The van der Waals surface area contributed by atoms with Gasteiger partial charge in [0.05, 0.1) is 12.8 Å². The molecule has 0 bridgehead atoms. The van der Waals surface area contributed by atoms with Crippen LogP contribution in [-0.4, -0.2) is 44.4 Å². The lowest BCUT2D eigenvalue weighted by Gasteiger charge is -2.18. The van der Waals surface area contributed by atoms with E-state index >= 15 is 0 Å². The van der Waals surface area contributed by atoms with E-state index in [2.05, 4.69) is 5.16 Å². The van der Waals surface area contributed by atoms with Gasteiger partial charge in [0, 0.05) is 12.1 Å². The summed E-state index contributed by atoms with van der Waals surface area (Å²) in [5.41, 5.74) is 2.62. The van der Waals surface area contributed by atoms with E-state index in [9.17, 15) is 8.42 Å². The minimum Gasteiger partial charge on any atom is -0.396 e.